The van der Waals surface area contributed by atoms with Crippen molar-refractivity contribution in [3.63, 3.8) is 0 Å². The molecule has 6 bridgehead atoms. The van der Waals surface area contributed by atoms with Gasteiger partial charge in [0.25, 0.3) is 0 Å². The molecule has 8 heteroatoms. The van der Waals surface area contributed by atoms with Gasteiger partial charge in [-0.05, 0) is 124 Å². The minimum Gasteiger partial charge on any atom is -0.418 e. The van der Waals surface area contributed by atoms with Gasteiger partial charge in [0.05, 0.1) is 0 Å². The summed E-state index contributed by atoms with van der Waals surface area (Å²) in [5.74, 6) is 5.07. The Morgan fingerprint density at radius 3 is 1.51 bits per heavy atom. The maximum atomic E-state index is 9.75. The van der Waals surface area contributed by atoms with Gasteiger partial charge in [0.1, 0.15) is 0 Å². The summed E-state index contributed by atoms with van der Waals surface area (Å²) < 4.78 is 39.0. The first-order valence-corrected chi connectivity index (χ1v) is 17.8. The SMILES string of the molecule is C1=CC2C=CC1C2.C[P@](CC[P@](C)C1CCCCC1)C12CC3CC(CC(C3)C1)C2.F[B-](F)(F)F.[Rh]. The number of rotatable bonds is 5. The summed E-state index contributed by atoms with van der Waals surface area (Å²) in [6, 6.07) is 0. The van der Waals surface area contributed by atoms with E-state index in [4.69, 9.17) is 0 Å². The molecule has 0 unspecified atom stereocenters. The predicted molar refractivity (Wildman–Crippen MR) is 143 cm³/mol. The first-order chi connectivity index (χ1) is 16.1. The Balaban J connectivity index is 0.000000217. The van der Waals surface area contributed by atoms with E-state index in [1.54, 1.807) is 63.7 Å². The second-order valence-corrected chi connectivity index (χ2v) is 17.6. The Hall–Kier alpha value is 0.748. The Morgan fingerprint density at radius 1 is 0.714 bits per heavy atom. The zero-order chi connectivity index (χ0) is 24.3. The first kappa shape index (κ1) is 30.3. The van der Waals surface area contributed by atoms with Gasteiger partial charge < -0.3 is 17.3 Å². The summed E-state index contributed by atoms with van der Waals surface area (Å²) in [5, 5.41) is 0.868. The van der Waals surface area contributed by atoms with E-state index in [9.17, 15) is 17.3 Å². The molecule has 0 heterocycles. The summed E-state index contributed by atoms with van der Waals surface area (Å²) in [5.41, 5.74) is 1.14. The van der Waals surface area contributed by atoms with Crippen LogP contribution in [0.2, 0.25) is 0 Å². The molecule has 0 N–H and O–H groups in total. The molecule has 7 aliphatic rings. The minimum absolute atomic E-state index is 0. The molecule has 7 rings (SSSR count). The molecule has 0 aromatic carbocycles. The maximum absolute atomic E-state index is 9.75. The second-order valence-electron chi connectivity index (χ2n) is 12.2. The maximum Gasteiger partial charge on any atom is 0.673 e. The fraction of sp³-hybridized carbons (Fsp3) is 0.852. The molecule has 7 aliphatic carbocycles. The fourth-order valence-electron chi connectivity index (χ4n) is 8.11. The van der Waals surface area contributed by atoms with Crippen molar-refractivity contribution in [2.45, 2.75) is 87.9 Å². The topological polar surface area (TPSA) is 0 Å². The fourth-order valence-corrected chi connectivity index (χ4v) is 14.4. The molecule has 0 spiro atoms. The molecule has 2 atom stereocenters. The minimum atomic E-state index is -6.00. The normalized spacial score (nSPS) is 38.2. The predicted octanol–water partition coefficient (Wildman–Crippen LogP) is 9.56. The van der Waals surface area contributed by atoms with E-state index >= 15 is 0 Å². The van der Waals surface area contributed by atoms with Crippen LogP contribution < -0.4 is 0 Å². The molecule has 0 nitrogen and oxygen atoms in total. The summed E-state index contributed by atoms with van der Waals surface area (Å²) in [4.78, 5) is 0. The molecule has 0 amide bonds. The molecule has 0 saturated heterocycles. The van der Waals surface area contributed by atoms with Crippen LogP contribution in [0, 0.1) is 29.6 Å². The van der Waals surface area contributed by atoms with Gasteiger partial charge >= 0.3 is 7.25 Å². The Labute approximate surface area is 226 Å². The molecule has 0 aromatic heterocycles. The summed E-state index contributed by atoms with van der Waals surface area (Å²) in [6.07, 6.45) is 31.3. The molecule has 1 radical (unpaired) electrons. The van der Waals surface area contributed by atoms with E-state index in [0.717, 1.165) is 40.4 Å². The van der Waals surface area contributed by atoms with Gasteiger partial charge in [-0.15, -0.1) is 15.8 Å². The molecule has 35 heavy (non-hydrogen) atoms. The van der Waals surface area contributed by atoms with Crippen LogP contribution in [0.5, 0.6) is 0 Å². The van der Waals surface area contributed by atoms with E-state index in [1.165, 1.54) is 25.7 Å². The van der Waals surface area contributed by atoms with Crippen LogP contribution in [0.25, 0.3) is 0 Å². The average Bonchev–Trinajstić information content (AvgIpc) is 3.42. The summed E-state index contributed by atoms with van der Waals surface area (Å²) >= 11 is 0. The van der Waals surface area contributed by atoms with Crippen molar-refractivity contribution in [2.24, 2.45) is 29.6 Å². The molecule has 5 fully saturated rings. The standard InChI is InChI=1S/C20H36P2.C7H8.BF4.Rh/c1-21(19-6-4-3-5-7-19)8-9-22(2)20-13-16-10-17(14-20)12-18(11-16)15-20;1-2-7-4-3-6(1)5-7;2-1(3,4)5;/h16-19H,3-15H2,1-2H3;1-4,6-7H,5H2;;/q;;-1;/t16?,17?,18?,20?,21-,22+;;;/m0.../s1. The monoisotopic (exact) mass is 620 g/mol. The van der Waals surface area contributed by atoms with E-state index in [1.807, 2.05) is 0 Å². The van der Waals surface area contributed by atoms with Crippen LogP contribution in [-0.4, -0.2) is 43.7 Å². The number of hydrogen-bond acceptors (Lipinski definition) is 0. The quantitative estimate of drug-likeness (QED) is 0.124. The van der Waals surface area contributed by atoms with Gasteiger partial charge in [-0.3, -0.25) is 0 Å². The van der Waals surface area contributed by atoms with Crippen molar-refractivity contribution >= 4 is 23.1 Å². The van der Waals surface area contributed by atoms with Crippen molar-refractivity contribution in [3.8, 4) is 0 Å². The summed E-state index contributed by atoms with van der Waals surface area (Å²) in [7, 11) is -5.35. The van der Waals surface area contributed by atoms with Crippen LogP contribution in [0.15, 0.2) is 24.3 Å². The number of allylic oxidation sites excluding steroid dienone is 4. The molecule has 0 aromatic rings. The third-order valence-corrected chi connectivity index (χ3v) is 15.7. The van der Waals surface area contributed by atoms with Crippen LogP contribution >= 0.6 is 15.8 Å². The Bertz CT molecular complexity index is 653. The zero-order valence-electron chi connectivity index (χ0n) is 21.5. The van der Waals surface area contributed by atoms with Gasteiger partial charge in [-0.1, -0.05) is 43.6 Å². The van der Waals surface area contributed by atoms with Crippen LogP contribution in [-0.2, 0) is 19.5 Å². The molecular weight excluding hydrogens is 576 g/mol. The van der Waals surface area contributed by atoms with Crippen molar-refractivity contribution in [3.05, 3.63) is 24.3 Å². The van der Waals surface area contributed by atoms with Crippen LogP contribution in [0.4, 0.5) is 17.3 Å². The number of hydrogen-bond donors (Lipinski definition) is 0. The average molecular weight is 620 g/mol. The first-order valence-electron chi connectivity index (χ1n) is 13.7. The van der Waals surface area contributed by atoms with Gasteiger partial charge in [0, 0.05) is 19.5 Å². The van der Waals surface area contributed by atoms with Gasteiger partial charge in [-0.2, -0.15) is 0 Å². The van der Waals surface area contributed by atoms with Crippen molar-refractivity contribution < 1.29 is 36.7 Å². The smallest absolute Gasteiger partial charge is 0.418 e. The van der Waals surface area contributed by atoms with Crippen molar-refractivity contribution in [2.75, 3.05) is 25.7 Å². The van der Waals surface area contributed by atoms with E-state index in [2.05, 4.69) is 37.6 Å². The van der Waals surface area contributed by atoms with E-state index in [0.29, 0.717) is 15.8 Å². The second kappa shape index (κ2) is 13.2. The summed E-state index contributed by atoms with van der Waals surface area (Å²) in [6.45, 7) is 5.36. The van der Waals surface area contributed by atoms with Crippen LogP contribution in [0.1, 0.15) is 77.0 Å². The molecular formula is C27H44BF4P2Rh-. The Morgan fingerprint density at radius 2 is 1.14 bits per heavy atom. The van der Waals surface area contributed by atoms with Gasteiger partial charge in [0.15, 0.2) is 0 Å². The zero-order valence-corrected chi connectivity index (χ0v) is 24.9. The molecule has 0 aliphatic heterocycles. The third kappa shape index (κ3) is 8.89. The van der Waals surface area contributed by atoms with E-state index in [-0.39, 0.29) is 19.5 Å². The third-order valence-electron chi connectivity index (χ3n) is 9.56. The van der Waals surface area contributed by atoms with E-state index < -0.39 is 7.25 Å². The largest absolute Gasteiger partial charge is 0.673 e. The van der Waals surface area contributed by atoms with Gasteiger partial charge in [-0.25, -0.2) is 0 Å². The van der Waals surface area contributed by atoms with Crippen molar-refractivity contribution in [1.82, 2.24) is 0 Å². The number of halogens is 4. The van der Waals surface area contributed by atoms with Gasteiger partial charge in [0.2, 0.25) is 0 Å². The van der Waals surface area contributed by atoms with Crippen LogP contribution in [0.3, 0.4) is 0 Å². The van der Waals surface area contributed by atoms with Crippen molar-refractivity contribution in [1.29, 1.82) is 0 Å². The number of fused-ring (bicyclic) bond motifs is 2. The molecule has 203 valence electrons. The Kier molecular flexibility index (Phi) is 11.4. The molecule has 5 saturated carbocycles.